The van der Waals surface area contributed by atoms with Crippen LogP contribution in [0, 0.1) is 5.41 Å². The Bertz CT molecular complexity index is 2030. The van der Waals surface area contributed by atoms with Gasteiger partial charge in [0.2, 0.25) is 11.7 Å². The van der Waals surface area contributed by atoms with Crippen LogP contribution < -0.4 is 20.3 Å². The molecule has 0 bridgehead atoms. The number of hydrogen-bond donors (Lipinski definition) is 3. The van der Waals surface area contributed by atoms with Gasteiger partial charge < -0.3 is 23.8 Å². The molecule has 0 saturated carbocycles. The van der Waals surface area contributed by atoms with Crippen LogP contribution in [0.4, 0.5) is 13.2 Å². The van der Waals surface area contributed by atoms with Gasteiger partial charge in [-0.1, -0.05) is 18.2 Å². The predicted octanol–water partition coefficient (Wildman–Crippen LogP) is 5.19. The second-order valence-corrected chi connectivity index (χ2v) is 12.8. The molecule has 0 radical (unpaired) electrons. The van der Waals surface area contributed by atoms with Gasteiger partial charge in [-0.15, -0.1) is 0 Å². The van der Waals surface area contributed by atoms with Gasteiger partial charge >= 0.3 is 12.1 Å². The molecule has 0 spiro atoms. The molecule has 12 nitrogen and oxygen atoms in total. The Kier molecular flexibility index (Phi) is 8.83. The van der Waals surface area contributed by atoms with Crippen molar-refractivity contribution >= 4 is 33.7 Å². The molecule has 1 aliphatic rings. The summed E-state index contributed by atoms with van der Waals surface area (Å²) < 4.78 is 60.7. The van der Waals surface area contributed by atoms with Crippen molar-refractivity contribution in [3.05, 3.63) is 66.4 Å². The van der Waals surface area contributed by atoms with E-state index in [1.54, 1.807) is 27.0 Å². The number of imidazole rings is 2. The minimum atomic E-state index is -4.91. The van der Waals surface area contributed by atoms with Crippen molar-refractivity contribution in [2.45, 2.75) is 51.4 Å². The molecule has 0 amide bonds. The molecule has 5 aromatic rings. The number of Topliss-reactive ketones (excluding diaryl/α,β-unsaturated/α-hetero) is 1. The summed E-state index contributed by atoms with van der Waals surface area (Å²) in [7, 11) is 2.88. The van der Waals surface area contributed by atoms with Crippen LogP contribution in [0.2, 0.25) is 0 Å². The van der Waals surface area contributed by atoms with Crippen LogP contribution in [0.3, 0.4) is 0 Å². The average Bonchev–Trinajstić information content (AvgIpc) is 3.61. The zero-order chi connectivity index (χ0) is 35.1. The number of hydrogen-bond acceptors (Lipinski definition) is 10. The van der Waals surface area contributed by atoms with Crippen molar-refractivity contribution in [2.24, 2.45) is 5.41 Å². The molecular formula is C34H36F3N7O5. The summed E-state index contributed by atoms with van der Waals surface area (Å²) >= 11 is 0. The maximum Gasteiger partial charge on any atom is 0.449 e. The number of nitrogens with one attached hydrogen (secondary N) is 3. The first kappa shape index (κ1) is 33.9. The zero-order valence-corrected chi connectivity index (χ0v) is 27.6. The van der Waals surface area contributed by atoms with Crippen LogP contribution in [-0.4, -0.2) is 69.2 Å². The standard InChI is InChI=1S/C34H36F3N7O5/c1-32(2,3)49-31(46)33(27(45)17-44-26-15-20(47-4)10-11-24(26)43-30(44)34(35,36)37)18-40-39-13-12-22(33)28-38-16-25(41-28)21-14-19-8-6-7-9-23(19)42-29(21)48-5/h6-11,14-16,22,39-40H,12-13,17-18H2,1-5H3,(H,38,41). The first-order valence-electron chi connectivity index (χ1n) is 15.6. The number of nitrogens with zero attached hydrogens (tertiary/aromatic N) is 4. The average molecular weight is 680 g/mol. The summed E-state index contributed by atoms with van der Waals surface area (Å²) in [6.45, 7) is 4.13. The fourth-order valence-corrected chi connectivity index (χ4v) is 6.22. The number of carbonyl (C=O) groups excluding carboxylic acids is 2. The van der Waals surface area contributed by atoms with E-state index >= 15 is 0 Å². The summed E-state index contributed by atoms with van der Waals surface area (Å²) in [5, 5.41) is 0.847. The minimum Gasteiger partial charge on any atom is -0.497 e. The number of H-pyrrole nitrogens is 1. The van der Waals surface area contributed by atoms with E-state index in [0.717, 1.165) is 15.5 Å². The summed E-state index contributed by atoms with van der Waals surface area (Å²) in [5.41, 5.74) is 4.72. The second-order valence-electron chi connectivity index (χ2n) is 12.8. The summed E-state index contributed by atoms with van der Waals surface area (Å²) in [6, 6.07) is 13.6. The Labute approximate surface area is 279 Å². The van der Waals surface area contributed by atoms with Crippen molar-refractivity contribution in [1.29, 1.82) is 0 Å². The predicted molar refractivity (Wildman–Crippen MR) is 174 cm³/mol. The van der Waals surface area contributed by atoms with Gasteiger partial charge in [0.15, 0.2) is 11.2 Å². The molecule has 2 unspecified atom stereocenters. The highest BCUT2D eigenvalue weighted by atomic mass is 19.4. The van der Waals surface area contributed by atoms with Crippen LogP contribution in [0.15, 0.2) is 54.7 Å². The number of methoxy groups -OCH3 is 2. The number of carbonyl (C=O) groups is 2. The quantitative estimate of drug-likeness (QED) is 0.148. The van der Waals surface area contributed by atoms with Crippen LogP contribution in [0.1, 0.15) is 44.8 Å². The number of benzene rings is 2. The van der Waals surface area contributed by atoms with Gasteiger partial charge in [0, 0.05) is 30.5 Å². The summed E-state index contributed by atoms with van der Waals surface area (Å²) in [4.78, 5) is 45.4. The van der Waals surface area contributed by atoms with Gasteiger partial charge in [0.1, 0.15) is 17.2 Å². The molecule has 15 heteroatoms. The van der Waals surface area contributed by atoms with Crippen LogP contribution in [-0.2, 0) is 27.0 Å². The minimum absolute atomic E-state index is 0.0121. The van der Waals surface area contributed by atoms with E-state index < -0.39 is 47.2 Å². The Morgan fingerprint density at radius 3 is 2.49 bits per heavy atom. The number of alkyl halides is 3. The molecular weight excluding hydrogens is 643 g/mol. The molecule has 3 aromatic heterocycles. The number of hydrazine groups is 1. The van der Waals surface area contributed by atoms with E-state index in [2.05, 4.69) is 30.8 Å². The Hall–Kier alpha value is -5.02. The fourth-order valence-electron chi connectivity index (χ4n) is 6.22. The number of ketones is 1. The lowest BCUT2D eigenvalue weighted by molar-refractivity contribution is -0.172. The molecule has 1 fully saturated rings. The number of aromatic amines is 1. The number of esters is 1. The normalized spacial score (nSPS) is 18.7. The Morgan fingerprint density at radius 2 is 1.78 bits per heavy atom. The fraction of sp³-hybridized carbons (Fsp3) is 0.382. The first-order chi connectivity index (χ1) is 23.2. The SMILES string of the molecule is COc1ccc2nc(C(F)(F)F)n(CC(=O)C3(C(=O)OC(C)(C)C)CNNCCC3c3ncc(-c4cc5ccccc5nc4OC)[nH]3)c2c1. The molecule has 6 rings (SSSR count). The Morgan fingerprint density at radius 1 is 1.00 bits per heavy atom. The maximum absolute atomic E-state index is 14.8. The largest absolute Gasteiger partial charge is 0.497 e. The van der Waals surface area contributed by atoms with Crippen molar-refractivity contribution in [3.8, 4) is 22.9 Å². The van der Waals surface area contributed by atoms with E-state index in [-0.39, 0.29) is 35.6 Å². The number of rotatable bonds is 8. The highest BCUT2D eigenvalue weighted by Gasteiger charge is 2.56. The number of para-hydroxylation sites is 1. The third-order valence-corrected chi connectivity index (χ3v) is 8.51. The molecule has 258 valence electrons. The molecule has 3 N–H and O–H groups in total. The van der Waals surface area contributed by atoms with Gasteiger partial charge in [0.25, 0.3) is 0 Å². The Balaban J connectivity index is 1.49. The number of aromatic nitrogens is 5. The summed E-state index contributed by atoms with van der Waals surface area (Å²) in [6.07, 6.45) is -3.16. The van der Waals surface area contributed by atoms with Gasteiger partial charge in [0.05, 0.1) is 54.8 Å². The number of ether oxygens (including phenoxy) is 3. The third-order valence-electron chi connectivity index (χ3n) is 8.51. The highest BCUT2D eigenvalue weighted by molar-refractivity contribution is 6.05. The molecule has 49 heavy (non-hydrogen) atoms. The lowest BCUT2D eigenvalue weighted by Crippen LogP contribution is -2.54. The maximum atomic E-state index is 14.8. The van der Waals surface area contributed by atoms with Crippen molar-refractivity contribution in [1.82, 2.24) is 35.4 Å². The van der Waals surface area contributed by atoms with E-state index in [4.69, 9.17) is 14.2 Å². The summed E-state index contributed by atoms with van der Waals surface area (Å²) in [5.74, 6) is -3.09. The van der Waals surface area contributed by atoms with Gasteiger partial charge in [-0.3, -0.25) is 20.4 Å². The smallest absolute Gasteiger partial charge is 0.449 e. The van der Waals surface area contributed by atoms with Crippen LogP contribution in [0.25, 0.3) is 33.2 Å². The topological polar surface area (TPSA) is 145 Å². The monoisotopic (exact) mass is 679 g/mol. The van der Waals surface area contributed by atoms with Crippen molar-refractivity contribution in [2.75, 3.05) is 27.3 Å². The van der Waals surface area contributed by atoms with Crippen molar-refractivity contribution < 1.29 is 37.0 Å². The molecule has 1 aliphatic heterocycles. The number of pyridine rings is 1. The van der Waals surface area contributed by atoms with Gasteiger partial charge in [-0.05, 0) is 51.5 Å². The number of fused-ring (bicyclic) bond motifs is 2. The number of halogens is 3. The van der Waals surface area contributed by atoms with Crippen molar-refractivity contribution in [3.63, 3.8) is 0 Å². The molecule has 2 aromatic carbocycles. The highest BCUT2D eigenvalue weighted by Crippen LogP contribution is 2.44. The van der Waals surface area contributed by atoms with E-state index in [0.29, 0.717) is 23.7 Å². The van der Waals surface area contributed by atoms with E-state index in [1.165, 1.54) is 32.4 Å². The second kappa shape index (κ2) is 12.8. The molecule has 1 saturated heterocycles. The molecule has 0 aliphatic carbocycles. The third kappa shape index (κ3) is 6.43. The molecule has 2 atom stereocenters. The lowest BCUT2D eigenvalue weighted by atomic mass is 9.69. The van der Waals surface area contributed by atoms with Gasteiger partial charge in [-0.25, -0.2) is 15.0 Å². The van der Waals surface area contributed by atoms with Crippen LogP contribution in [0.5, 0.6) is 11.6 Å². The zero-order valence-electron chi connectivity index (χ0n) is 27.6. The van der Waals surface area contributed by atoms with Gasteiger partial charge in [-0.2, -0.15) is 13.2 Å². The molecule has 4 heterocycles. The van der Waals surface area contributed by atoms with Crippen LogP contribution >= 0.6 is 0 Å². The van der Waals surface area contributed by atoms with E-state index in [1.807, 2.05) is 30.3 Å². The first-order valence-corrected chi connectivity index (χ1v) is 15.6. The van der Waals surface area contributed by atoms with E-state index in [9.17, 15) is 22.8 Å². The lowest BCUT2D eigenvalue weighted by Gasteiger charge is -2.37.